The highest BCUT2D eigenvalue weighted by atomic mass is 16.6. The van der Waals surface area contributed by atoms with Crippen molar-refractivity contribution in [2.45, 2.75) is 19.9 Å². The van der Waals surface area contributed by atoms with Gasteiger partial charge >= 0.3 is 6.09 Å². The molecule has 0 aromatic carbocycles. The minimum atomic E-state index is -0.362. The lowest BCUT2D eigenvalue weighted by Crippen LogP contribution is -2.51. The van der Waals surface area contributed by atoms with Crippen LogP contribution >= 0.6 is 0 Å². The monoisotopic (exact) mass is 334 g/mol. The first-order chi connectivity index (χ1) is 11.6. The maximum absolute atomic E-state index is 12.1. The Morgan fingerprint density at radius 2 is 1.92 bits per heavy atom. The molecule has 1 saturated heterocycles. The van der Waals surface area contributed by atoms with Crippen molar-refractivity contribution in [3.05, 3.63) is 30.1 Å². The van der Waals surface area contributed by atoms with Crippen molar-refractivity contribution >= 4 is 17.9 Å². The zero-order chi connectivity index (χ0) is 17.4. The van der Waals surface area contributed by atoms with Crippen molar-refractivity contribution in [1.82, 2.24) is 20.1 Å². The lowest BCUT2D eigenvalue weighted by atomic mass is 10.2. The molecule has 0 aliphatic carbocycles. The lowest BCUT2D eigenvalue weighted by molar-refractivity contribution is -0.137. The summed E-state index contributed by atoms with van der Waals surface area (Å²) in [6.07, 6.45) is 2.76. The van der Waals surface area contributed by atoms with Crippen LogP contribution in [0.5, 0.6) is 0 Å². The molecule has 0 saturated carbocycles. The van der Waals surface area contributed by atoms with Gasteiger partial charge in [-0.25, -0.2) is 4.79 Å². The fourth-order valence-electron chi connectivity index (χ4n) is 2.37. The average molecular weight is 334 g/mol. The Morgan fingerprint density at radius 3 is 2.54 bits per heavy atom. The normalized spacial score (nSPS) is 14.2. The van der Waals surface area contributed by atoms with Gasteiger partial charge in [0, 0.05) is 45.1 Å². The van der Waals surface area contributed by atoms with Gasteiger partial charge in [0.2, 0.25) is 11.8 Å². The van der Waals surface area contributed by atoms with E-state index >= 15 is 0 Å². The maximum Gasteiger partial charge on any atom is 0.409 e. The lowest BCUT2D eigenvalue weighted by Gasteiger charge is -2.34. The van der Waals surface area contributed by atoms with Crippen LogP contribution in [0.2, 0.25) is 0 Å². The molecule has 3 amide bonds. The minimum absolute atomic E-state index is 0.195. The van der Waals surface area contributed by atoms with Crippen molar-refractivity contribution in [2.24, 2.45) is 0 Å². The molecule has 8 heteroatoms. The van der Waals surface area contributed by atoms with Gasteiger partial charge in [0.25, 0.3) is 0 Å². The molecule has 0 spiro atoms. The third-order valence-corrected chi connectivity index (χ3v) is 3.68. The van der Waals surface area contributed by atoms with Gasteiger partial charge < -0.3 is 19.9 Å². The summed E-state index contributed by atoms with van der Waals surface area (Å²) < 4.78 is 4.93. The molecule has 1 aliphatic heterocycles. The number of ether oxygens (including phenoxy) is 1. The molecule has 1 aromatic heterocycles. The number of nitrogens with zero attached hydrogens (tertiary/aromatic N) is 3. The number of rotatable bonds is 5. The molecule has 0 radical (unpaired) electrons. The van der Waals surface area contributed by atoms with Crippen LogP contribution in [-0.2, 0) is 20.9 Å². The summed E-state index contributed by atoms with van der Waals surface area (Å²) in [4.78, 5) is 42.7. The summed E-state index contributed by atoms with van der Waals surface area (Å²) in [5.41, 5.74) is 0.876. The molecule has 0 bridgehead atoms. The Hall–Kier alpha value is -2.64. The molecule has 0 atom stereocenters. The number of hydrogen-bond donors (Lipinski definition) is 1. The largest absolute Gasteiger partial charge is 0.450 e. The van der Waals surface area contributed by atoms with Gasteiger partial charge in [-0.05, 0) is 18.6 Å². The zero-order valence-electron chi connectivity index (χ0n) is 13.7. The maximum atomic E-state index is 12.1. The Kier molecular flexibility index (Phi) is 6.53. The SMILES string of the molecule is CCOC(=O)N1CCN(C(=O)CC(=O)NCc2cccnc2)CC1. The van der Waals surface area contributed by atoms with Crippen LogP contribution < -0.4 is 5.32 Å². The second-order valence-corrected chi connectivity index (χ2v) is 5.38. The fraction of sp³-hybridized carbons (Fsp3) is 0.500. The van der Waals surface area contributed by atoms with Crippen molar-refractivity contribution in [2.75, 3.05) is 32.8 Å². The number of piperazine rings is 1. The third-order valence-electron chi connectivity index (χ3n) is 3.68. The highest BCUT2D eigenvalue weighted by Crippen LogP contribution is 2.06. The van der Waals surface area contributed by atoms with Crippen LogP contribution in [-0.4, -0.2) is 65.5 Å². The average Bonchev–Trinajstić information content (AvgIpc) is 2.61. The minimum Gasteiger partial charge on any atom is -0.450 e. The van der Waals surface area contributed by atoms with Gasteiger partial charge in [-0.1, -0.05) is 6.07 Å². The Bertz CT molecular complexity index is 571. The van der Waals surface area contributed by atoms with E-state index < -0.39 is 0 Å². The third kappa shape index (κ3) is 5.22. The fourth-order valence-corrected chi connectivity index (χ4v) is 2.37. The van der Waals surface area contributed by atoms with E-state index in [9.17, 15) is 14.4 Å². The number of hydrogen-bond acceptors (Lipinski definition) is 5. The van der Waals surface area contributed by atoms with Crippen LogP contribution in [0.15, 0.2) is 24.5 Å². The molecule has 1 N–H and O–H groups in total. The molecule has 8 nitrogen and oxygen atoms in total. The first-order valence-electron chi connectivity index (χ1n) is 7.95. The first-order valence-corrected chi connectivity index (χ1v) is 7.95. The quantitative estimate of drug-likeness (QED) is 0.787. The van der Waals surface area contributed by atoms with Crippen LogP contribution in [0.1, 0.15) is 18.9 Å². The molecule has 2 heterocycles. The van der Waals surface area contributed by atoms with Crippen LogP contribution in [0, 0.1) is 0 Å². The van der Waals surface area contributed by atoms with Gasteiger partial charge in [-0.3, -0.25) is 14.6 Å². The van der Waals surface area contributed by atoms with E-state index in [2.05, 4.69) is 10.3 Å². The van der Waals surface area contributed by atoms with Crippen molar-refractivity contribution in [3.8, 4) is 0 Å². The molecule has 24 heavy (non-hydrogen) atoms. The Balaban J connectivity index is 1.71. The molecular weight excluding hydrogens is 312 g/mol. The van der Waals surface area contributed by atoms with Crippen LogP contribution in [0.3, 0.4) is 0 Å². The molecule has 2 rings (SSSR count). The van der Waals surface area contributed by atoms with Crippen LogP contribution in [0.25, 0.3) is 0 Å². The topological polar surface area (TPSA) is 91.8 Å². The second kappa shape index (κ2) is 8.85. The summed E-state index contributed by atoms with van der Waals surface area (Å²) in [6.45, 7) is 4.08. The summed E-state index contributed by atoms with van der Waals surface area (Å²) in [7, 11) is 0. The number of pyridine rings is 1. The van der Waals surface area contributed by atoms with Gasteiger partial charge in [0.15, 0.2) is 0 Å². The van der Waals surface area contributed by atoms with Crippen LogP contribution in [0.4, 0.5) is 4.79 Å². The number of aromatic nitrogens is 1. The zero-order valence-corrected chi connectivity index (χ0v) is 13.7. The smallest absolute Gasteiger partial charge is 0.409 e. The summed E-state index contributed by atoms with van der Waals surface area (Å²) in [5, 5.41) is 2.70. The number of carbonyl (C=O) groups is 3. The Morgan fingerprint density at radius 1 is 1.21 bits per heavy atom. The standard InChI is InChI=1S/C16H22N4O4/c1-2-24-16(23)20-8-6-19(7-9-20)15(22)10-14(21)18-12-13-4-3-5-17-11-13/h3-5,11H,2,6-10,12H2,1H3,(H,18,21). The molecule has 1 aromatic rings. The molecule has 0 unspecified atom stereocenters. The molecule has 130 valence electrons. The van der Waals surface area contributed by atoms with E-state index in [4.69, 9.17) is 4.74 Å². The van der Waals surface area contributed by atoms with E-state index in [1.54, 1.807) is 35.2 Å². The summed E-state index contributed by atoms with van der Waals surface area (Å²) >= 11 is 0. The highest BCUT2D eigenvalue weighted by Gasteiger charge is 2.25. The van der Waals surface area contributed by atoms with Gasteiger partial charge in [-0.2, -0.15) is 0 Å². The van der Waals surface area contributed by atoms with Crippen molar-refractivity contribution < 1.29 is 19.1 Å². The highest BCUT2D eigenvalue weighted by molar-refractivity contribution is 5.96. The van der Waals surface area contributed by atoms with E-state index in [-0.39, 0.29) is 24.3 Å². The van der Waals surface area contributed by atoms with Gasteiger partial charge in [0.05, 0.1) is 6.61 Å². The predicted octanol–water partition coefficient (Wildman–Crippen LogP) is 0.389. The number of carbonyl (C=O) groups excluding carboxylic acids is 3. The number of amides is 3. The van der Waals surface area contributed by atoms with E-state index in [1.165, 1.54) is 0 Å². The molecule has 1 fully saturated rings. The predicted molar refractivity (Wildman–Crippen MR) is 85.9 cm³/mol. The van der Waals surface area contributed by atoms with Gasteiger partial charge in [0.1, 0.15) is 6.42 Å². The second-order valence-electron chi connectivity index (χ2n) is 5.38. The van der Waals surface area contributed by atoms with E-state index in [0.717, 1.165) is 5.56 Å². The molecule has 1 aliphatic rings. The first kappa shape index (κ1) is 17.7. The van der Waals surface area contributed by atoms with E-state index in [1.807, 2.05) is 6.07 Å². The van der Waals surface area contributed by atoms with Gasteiger partial charge in [-0.15, -0.1) is 0 Å². The summed E-state index contributed by atoms with van der Waals surface area (Å²) in [5.74, 6) is -0.557. The Labute approximate surface area is 140 Å². The summed E-state index contributed by atoms with van der Waals surface area (Å²) in [6, 6.07) is 3.64. The van der Waals surface area contributed by atoms with Crippen molar-refractivity contribution in [3.63, 3.8) is 0 Å². The van der Waals surface area contributed by atoms with Crippen molar-refractivity contribution in [1.29, 1.82) is 0 Å². The number of nitrogens with one attached hydrogen (secondary N) is 1. The molecular formula is C16H22N4O4. The van der Waals surface area contributed by atoms with E-state index in [0.29, 0.717) is 39.3 Å².